The number of aliphatic hydroxyl groups is 2. The first-order valence-corrected chi connectivity index (χ1v) is 11.1. The lowest BCUT2D eigenvalue weighted by atomic mass is 9.58. The highest BCUT2D eigenvalue weighted by Crippen LogP contribution is 2.50. The number of esters is 1. The summed E-state index contributed by atoms with van der Waals surface area (Å²) in [5.41, 5.74) is 0.214. The van der Waals surface area contributed by atoms with Crippen LogP contribution in [0.3, 0.4) is 0 Å². The summed E-state index contributed by atoms with van der Waals surface area (Å²) in [4.78, 5) is 11.1. The molecule has 1 fully saturated rings. The van der Waals surface area contributed by atoms with Crippen molar-refractivity contribution in [3.8, 4) is 0 Å². The maximum atomic E-state index is 11.3. The minimum Gasteiger partial charge on any atom is -0.466 e. The van der Waals surface area contributed by atoms with Gasteiger partial charge in [0.15, 0.2) is 0 Å². The lowest BCUT2D eigenvalue weighted by molar-refractivity contribution is -0.194. The first-order chi connectivity index (χ1) is 14.8. The Morgan fingerprint density at radius 2 is 1.31 bits per heavy atom. The van der Waals surface area contributed by atoms with E-state index >= 15 is 0 Å². The number of ether oxygens (including phenoxy) is 1. The van der Waals surface area contributed by atoms with Crippen LogP contribution in [0.5, 0.6) is 0 Å². The van der Waals surface area contributed by atoms with Crippen molar-refractivity contribution >= 4 is 5.97 Å². The van der Waals surface area contributed by atoms with E-state index in [1.807, 2.05) is 83.2 Å². The molecule has 1 rings (SSSR count). The summed E-state index contributed by atoms with van der Waals surface area (Å²) in [6.45, 7) is 11.6. The summed E-state index contributed by atoms with van der Waals surface area (Å²) in [5.74, 6) is -0.372. The fourth-order valence-corrected chi connectivity index (χ4v) is 3.84. The zero-order chi connectivity index (χ0) is 24.4. The largest absolute Gasteiger partial charge is 0.466 e. The van der Waals surface area contributed by atoms with Gasteiger partial charge in [-0.1, -0.05) is 85.3 Å². The van der Waals surface area contributed by atoms with Gasteiger partial charge in [0.2, 0.25) is 0 Å². The minimum atomic E-state index is -1.27. The van der Waals surface area contributed by atoms with Crippen LogP contribution in [0.25, 0.3) is 0 Å². The Morgan fingerprint density at radius 1 is 0.781 bits per heavy atom. The Hall–Kier alpha value is -2.43. The monoisotopic (exact) mass is 440 g/mol. The molecule has 176 valence electrons. The van der Waals surface area contributed by atoms with E-state index in [2.05, 4.69) is 4.74 Å². The molecule has 4 nitrogen and oxygen atoms in total. The fraction of sp³-hybridized carbons (Fsp3) is 0.464. The molecule has 1 aliphatic rings. The van der Waals surface area contributed by atoms with E-state index in [-0.39, 0.29) is 5.97 Å². The van der Waals surface area contributed by atoms with Gasteiger partial charge in [-0.15, -0.1) is 0 Å². The van der Waals surface area contributed by atoms with Gasteiger partial charge in [0.1, 0.15) is 5.60 Å². The molecule has 1 aliphatic carbocycles. The predicted octanol–water partition coefficient (Wildman–Crippen LogP) is 5.92. The van der Waals surface area contributed by atoms with Crippen LogP contribution < -0.4 is 0 Å². The van der Waals surface area contributed by atoms with Crippen molar-refractivity contribution in [1.29, 1.82) is 0 Å². The van der Waals surface area contributed by atoms with Gasteiger partial charge in [-0.2, -0.15) is 0 Å². The summed E-state index contributed by atoms with van der Waals surface area (Å²) in [7, 11) is 1.35. The number of hydrogen-bond donors (Lipinski definition) is 2. The molecule has 2 N–H and O–H groups in total. The van der Waals surface area contributed by atoms with Crippen LogP contribution >= 0.6 is 0 Å². The van der Waals surface area contributed by atoms with Crippen molar-refractivity contribution in [3.05, 3.63) is 83.6 Å². The zero-order valence-electron chi connectivity index (χ0n) is 20.7. The summed E-state index contributed by atoms with van der Waals surface area (Å²) in [5, 5.41) is 22.1. The van der Waals surface area contributed by atoms with E-state index in [1.165, 1.54) is 13.2 Å². The number of carbonyl (C=O) groups excluding carboxylic acids is 1. The average Bonchev–Trinajstić information content (AvgIpc) is 2.71. The van der Waals surface area contributed by atoms with Crippen molar-refractivity contribution in [2.75, 3.05) is 7.11 Å². The first-order valence-electron chi connectivity index (χ1n) is 11.1. The predicted molar refractivity (Wildman–Crippen MR) is 133 cm³/mol. The molecule has 0 amide bonds. The molecule has 1 saturated carbocycles. The van der Waals surface area contributed by atoms with Crippen molar-refractivity contribution in [2.24, 2.45) is 5.41 Å². The molecular weight excluding hydrogens is 400 g/mol. The van der Waals surface area contributed by atoms with Crippen LogP contribution in [-0.4, -0.2) is 34.5 Å². The number of rotatable bonds is 8. The lowest BCUT2D eigenvalue weighted by Gasteiger charge is -2.53. The van der Waals surface area contributed by atoms with Gasteiger partial charge in [-0.05, 0) is 58.4 Å². The maximum absolute atomic E-state index is 11.3. The van der Waals surface area contributed by atoms with Crippen LogP contribution in [0.15, 0.2) is 83.6 Å². The Labute approximate surface area is 194 Å². The van der Waals surface area contributed by atoms with Gasteiger partial charge in [-0.25, -0.2) is 4.79 Å². The average molecular weight is 441 g/mol. The molecule has 0 radical (unpaired) electrons. The number of methoxy groups -OCH3 is 1. The summed E-state index contributed by atoms with van der Waals surface area (Å²) < 4.78 is 4.56. The summed E-state index contributed by atoms with van der Waals surface area (Å²) in [6.07, 6.45) is 22.8. The molecular formula is C28H40O4. The van der Waals surface area contributed by atoms with Gasteiger partial charge < -0.3 is 14.9 Å². The van der Waals surface area contributed by atoms with Gasteiger partial charge in [-0.3, -0.25) is 0 Å². The Balaban J connectivity index is 2.76. The second kappa shape index (κ2) is 12.0. The van der Waals surface area contributed by atoms with Gasteiger partial charge in [0.25, 0.3) is 0 Å². The smallest absolute Gasteiger partial charge is 0.330 e. The number of allylic oxidation sites excluding steroid dienone is 12. The molecule has 0 spiro atoms. The van der Waals surface area contributed by atoms with E-state index in [0.717, 1.165) is 29.6 Å². The standard InChI is InChI=1S/C28H40O4/c1-22(12-8-9-13-23(2)16-17-25(29)32-7)14-10-15-24(3)18-21-28(31)26(4,5)19-11-20-27(28,6)30/h8-10,12-18,21,30-31H,11,19-20H2,1-7H3/b9-8+,14-10+,17-16+,21-18+,22-12+,23-13+,24-15+/t27-,28-/m1/s1. The van der Waals surface area contributed by atoms with Crippen molar-refractivity contribution < 1.29 is 19.7 Å². The molecule has 0 aliphatic heterocycles. The summed E-state index contributed by atoms with van der Waals surface area (Å²) >= 11 is 0. The van der Waals surface area contributed by atoms with Crippen molar-refractivity contribution in [2.45, 2.75) is 72.0 Å². The van der Waals surface area contributed by atoms with E-state index in [9.17, 15) is 15.0 Å². The Bertz CT molecular complexity index is 842. The van der Waals surface area contributed by atoms with Crippen molar-refractivity contribution in [1.82, 2.24) is 0 Å². The normalized spacial score (nSPS) is 27.8. The maximum Gasteiger partial charge on any atom is 0.330 e. The van der Waals surface area contributed by atoms with Crippen LogP contribution in [0.1, 0.15) is 60.8 Å². The van der Waals surface area contributed by atoms with E-state index in [0.29, 0.717) is 6.42 Å². The molecule has 32 heavy (non-hydrogen) atoms. The Morgan fingerprint density at radius 3 is 1.88 bits per heavy atom. The first kappa shape index (κ1) is 27.6. The van der Waals surface area contributed by atoms with Gasteiger partial charge in [0, 0.05) is 6.08 Å². The molecule has 0 saturated heterocycles. The molecule has 0 unspecified atom stereocenters. The molecule has 0 bridgehead atoms. The molecule has 0 aromatic carbocycles. The highest BCUT2D eigenvalue weighted by Gasteiger charge is 2.56. The number of carbonyl (C=O) groups is 1. The van der Waals surface area contributed by atoms with Crippen molar-refractivity contribution in [3.63, 3.8) is 0 Å². The third-order valence-corrected chi connectivity index (χ3v) is 6.14. The minimum absolute atomic E-state index is 0.372. The Kier molecular flexibility index (Phi) is 10.3. The van der Waals surface area contributed by atoms with Gasteiger partial charge in [0.05, 0.1) is 12.7 Å². The molecule has 4 heteroatoms. The van der Waals surface area contributed by atoms with Crippen LogP contribution in [0.2, 0.25) is 0 Å². The molecule has 0 aromatic heterocycles. The molecule has 2 atom stereocenters. The van der Waals surface area contributed by atoms with Crippen LogP contribution in [-0.2, 0) is 9.53 Å². The number of hydrogen-bond acceptors (Lipinski definition) is 4. The highest BCUT2D eigenvalue weighted by atomic mass is 16.5. The van der Waals surface area contributed by atoms with E-state index in [4.69, 9.17) is 0 Å². The second-order valence-corrected chi connectivity index (χ2v) is 9.44. The van der Waals surface area contributed by atoms with E-state index < -0.39 is 16.6 Å². The quantitative estimate of drug-likeness (QED) is 0.279. The fourth-order valence-electron chi connectivity index (χ4n) is 3.84. The SMILES string of the molecule is COC(=O)/C=C/C(C)=C/C=C/C=C(C)/C=C/C=C(C)/C=C/[C@@]1(O)C(C)(C)CCC[C@@]1(C)O. The highest BCUT2D eigenvalue weighted by molar-refractivity contribution is 5.82. The third-order valence-electron chi connectivity index (χ3n) is 6.14. The second-order valence-electron chi connectivity index (χ2n) is 9.44. The summed E-state index contributed by atoms with van der Waals surface area (Å²) in [6, 6.07) is 0. The lowest BCUT2D eigenvalue weighted by Crippen LogP contribution is -2.62. The van der Waals surface area contributed by atoms with Crippen LogP contribution in [0.4, 0.5) is 0 Å². The third kappa shape index (κ3) is 7.92. The molecule has 0 heterocycles. The molecule has 0 aromatic rings. The van der Waals surface area contributed by atoms with Crippen LogP contribution in [0, 0.1) is 5.41 Å². The zero-order valence-corrected chi connectivity index (χ0v) is 20.7. The van der Waals surface area contributed by atoms with E-state index in [1.54, 1.807) is 19.1 Å². The van der Waals surface area contributed by atoms with Gasteiger partial charge >= 0.3 is 5.97 Å². The topological polar surface area (TPSA) is 66.8 Å².